The maximum Gasteiger partial charge on any atom is 0.134 e. The molecule has 0 bridgehead atoms. The van der Waals surface area contributed by atoms with Gasteiger partial charge in [0.1, 0.15) is 11.5 Å². The van der Waals surface area contributed by atoms with Gasteiger partial charge in [-0.25, -0.2) is 0 Å². The number of benzene rings is 1. The van der Waals surface area contributed by atoms with Crippen molar-refractivity contribution >= 4 is 5.78 Å². The molecule has 2 nitrogen and oxygen atoms in total. The molecule has 0 aromatic heterocycles. The van der Waals surface area contributed by atoms with Gasteiger partial charge in [-0.05, 0) is 31.9 Å². The molecule has 1 rings (SSSR count). The van der Waals surface area contributed by atoms with Gasteiger partial charge in [0.25, 0.3) is 0 Å². The Morgan fingerprint density at radius 1 is 1.31 bits per heavy atom. The summed E-state index contributed by atoms with van der Waals surface area (Å²) in [7, 11) is 0. The van der Waals surface area contributed by atoms with Crippen molar-refractivity contribution < 1.29 is 9.90 Å². The highest BCUT2D eigenvalue weighted by molar-refractivity contribution is 5.79. The lowest BCUT2D eigenvalue weighted by Crippen LogP contribution is -2.00. The van der Waals surface area contributed by atoms with Crippen molar-refractivity contribution in [2.75, 3.05) is 0 Å². The van der Waals surface area contributed by atoms with Crippen LogP contribution in [-0.4, -0.2) is 10.9 Å². The number of phenols is 1. The standard InChI is InChI=1S/C11H14O2/c1-7-4-5-8(2)11(13)10(7)6-9(3)12/h4-5,13H,6H2,1-3H3. The monoisotopic (exact) mass is 178 g/mol. The second-order valence-corrected chi connectivity index (χ2v) is 3.41. The van der Waals surface area contributed by atoms with Crippen LogP contribution in [0.3, 0.4) is 0 Å². The third-order valence-corrected chi connectivity index (χ3v) is 2.14. The molecule has 1 aromatic rings. The summed E-state index contributed by atoms with van der Waals surface area (Å²) in [5.74, 6) is 0.333. The molecule has 0 amide bonds. The van der Waals surface area contributed by atoms with Crippen molar-refractivity contribution in [1.82, 2.24) is 0 Å². The van der Waals surface area contributed by atoms with Gasteiger partial charge in [-0.2, -0.15) is 0 Å². The van der Waals surface area contributed by atoms with E-state index >= 15 is 0 Å². The zero-order valence-electron chi connectivity index (χ0n) is 8.22. The summed E-state index contributed by atoms with van der Waals surface area (Å²) in [6.45, 7) is 5.26. The number of carbonyl (C=O) groups is 1. The lowest BCUT2D eigenvalue weighted by Gasteiger charge is -2.08. The fourth-order valence-electron chi connectivity index (χ4n) is 1.33. The lowest BCUT2D eigenvalue weighted by atomic mass is 10.00. The van der Waals surface area contributed by atoms with E-state index in [4.69, 9.17) is 0 Å². The average molecular weight is 178 g/mol. The van der Waals surface area contributed by atoms with Crippen molar-refractivity contribution in [3.8, 4) is 5.75 Å². The van der Waals surface area contributed by atoms with E-state index in [1.165, 1.54) is 6.92 Å². The Balaban J connectivity index is 3.17. The quantitative estimate of drug-likeness (QED) is 0.753. The second-order valence-electron chi connectivity index (χ2n) is 3.41. The first-order valence-corrected chi connectivity index (χ1v) is 4.30. The molecule has 0 aliphatic heterocycles. The summed E-state index contributed by atoms with van der Waals surface area (Å²) in [5.41, 5.74) is 2.55. The zero-order chi connectivity index (χ0) is 10.0. The predicted octanol–water partition coefficient (Wildman–Crippen LogP) is 2.14. The summed E-state index contributed by atoms with van der Waals surface area (Å²) < 4.78 is 0. The summed E-state index contributed by atoms with van der Waals surface area (Å²) >= 11 is 0. The minimum Gasteiger partial charge on any atom is -0.507 e. The summed E-state index contributed by atoms with van der Waals surface area (Å²) in [6, 6.07) is 3.78. The van der Waals surface area contributed by atoms with Crippen molar-refractivity contribution in [2.45, 2.75) is 27.2 Å². The summed E-state index contributed by atoms with van der Waals surface area (Å²) in [5, 5.41) is 9.68. The molecule has 0 heterocycles. The van der Waals surface area contributed by atoms with Crippen LogP contribution in [0.25, 0.3) is 0 Å². The molecule has 0 atom stereocenters. The smallest absolute Gasteiger partial charge is 0.134 e. The first-order chi connectivity index (χ1) is 6.02. The van der Waals surface area contributed by atoms with E-state index in [2.05, 4.69) is 0 Å². The van der Waals surface area contributed by atoms with Gasteiger partial charge < -0.3 is 5.11 Å². The van der Waals surface area contributed by atoms with E-state index in [9.17, 15) is 9.90 Å². The van der Waals surface area contributed by atoms with Crippen LogP contribution in [0, 0.1) is 13.8 Å². The first kappa shape index (κ1) is 9.78. The highest BCUT2D eigenvalue weighted by Crippen LogP contribution is 2.25. The third-order valence-electron chi connectivity index (χ3n) is 2.14. The van der Waals surface area contributed by atoms with Crippen LogP contribution >= 0.6 is 0 Å². The molecule has 13 heavy (non-hydrogen) atoms. The Kier molecular flexibility index (Phi) is 2.71. The van der Waals surface area contributed by atoms with Gasteiger partial charge in [-0.3, -0.25) is 4.79 Å². The first-order valence-electron chi connectivity index (χ1n) is 4.30. The minimum absolute atomic E-state index is 0.0731. The fourth-order valence-corrected chi connectivity index (χ4v) is 1.33. The Labute approximate surface area is 78.2 Å². The maximum absolute atomic E-state index is 10.9. The lowest BCUT2D eigenvalue weighted by molar-refractivity contribution is -0.116. The van der Waals surface area contributed by atoms with Gasteiger partial charge in [-0.15, -0.1) is 0 Å². The number of ketones is 1. The second kappa shape index (κ2) is 3.60. The molecule has 1 aromatic carbocycles. The SMILES string of the molecule is CC(=O)Cc1c(C)ccc(C)c1O. The highest BCUT2D eigenvalue weighted by Gasteiger charge is 2.09. The minimum atomic E-state index is 0.0731. The number of aryl methyl sites for hydroxylation is 2. The van der Waals surface area contributed by atoms with Crippen molar-refractivity contribution in [3.63, 3.8) is 0 Å². The Hall–Kier alpha value is -1.31. The number of rotatable bonds is 2. The third kappa shape index (κ3) is 2.08. The van der Waals surface area contributed by atoms with Crippen molar-refractivity contribution in [2.24, 2.45) is 0 Å². The van der Waals surface area contributed by atoms with Crippen LogP contribution in [0.2, 0.25) is 0 Å². The molecule has 0 unspecified atom stereocenters. The highest BCUT2D eigenvalue weighted by atomic mass is 16.3. The van der Waals surface area contributed by atoms with Crippen LogP contribution in [0.4, 0.5) is 0 Å². The average Bonchev–Trinajstić information content (AvgIpc) is 2.05. The topological polar surface area (TPSA) is 37.3 Å². The van der Waals surface area contributed by atoms with E-state index in [1.807, 2.05) is 26.0 Å². The molecule has 0 saturated carbocycles. The molecular formula is C11H14O2. The zero-order valence-corrected chi connectivity index (χ0v) is 8.22. The number of aromatic hydroxyl groups is 1. The van der Waals surface area contributed by atoms with Crippen molar-refractivity contribution in [1.29, 1.82) is 0 Å². The van der Waals surface area contributed by atoms with E-state index in [1.54, 1.807) is 0 Å². The molecule has 0 radical (unpaired) electrons. The molecule has 0 saturated heterocycles. The summed E-state index contributed by atoms with van der Waals surface area (Å²) in [6.07, 6.45) is 0.319. The number of carbonyl (C=O) groups excluding carboxylic acids is 1. The molecule has 2 heteroatoms. The molecule has 1 N–H and O–H groups in total. The Morgan fingerprint density at radius 2 is 1.85 bits per heavy atom. The van der Waals surface area contributed by atoms with Gasteiger partial charge in [-0.1, -0.05) is 12.1 Å². The molecule has 70 valence electrons. The normalized spacial score (nSPS) is 10.1. The van der Waals surface area contributed by atoms with Gasteiger partial charge in [0, 0.05) is 12.0 Å². The van der Waals surface area contributed by atoms with E-state index in [0.29, 0.717) is 6.42 Å². The van der Waals surface area contributed by atoms with Crippen LogP contribution in [-0.2, 0) is 11.2 Å². The van der Waals surface area contributed by atoms with Crippen molar-refractivity contribution in [3.05, 3.63) is 28.8 Å². The molecule has 0 fully saturated rings. The Morgan fingerprint density at radius 3 is 2.38 bits per heavy atom. The van der Waals surface area contributed by atoms with Crippen LogP contribution in [0.5, 0.6) is 5.75 Å². The van der Waals surface area contributed by atoms with Crippen LogP contribution < -0.4 is 0 Å². The number of Topliss-reactive ketones (excluding diaryl/α,β-unsaturated/α-hetero) is 1. The van der Waals surface area contributed by atoms with E-state index < -0.39 is 0 Å². The fraction of sp³-hybridized carbons (Fsp3) is 0.364. The number of hydrogen-bond donors (Lipinski definition) is 1. The largest absolute Gasteiger partial charge is 0.507 e. The maximum atomic E-state index is 10.9. The Bertz CT molecular complexity index is 340. The van der Waals surface area contributed by atoms with Gasteiger partial charge in [0.15, 0.2) is 0 Å². The van der Waals surface area contributed by atoms with Crippen LogP contribution in [0.15, 0.2) is 12.1 Å². The molecule has 0 aliphatic carbocycles. The van der Waals surface area contributed by atoms with E-state index in [0.717, 1.165) is 16.7 Å². The number of phenolic OH excluding ortho intramolecular Hbond substituents is 1. The van der Waals surface area contributed by atoms with Gasteiger partial charge in [0.2, 0.25) is 0 Å². The summed E-state index contributed by atoms with van der Waals surface area (Å²) in [4.78, 5) is 10.9. The van der Waals surface area contributed by atoms with E-state index in [-0.39, 0.29) is 11.5 Å². The predicted molar refractivity (Wildman–Crippen MR) is 52.0 cm³/mol. The number of hydrogen-bond acceptors (Lipinski definition) is 2. The van der Waals surface area contributed by atoms with Crippen LogP contribution in [0.1, 0.15) is 23.6 Å². The van der Waals surface area contributed by atoms with Gasteiger partial charge >= 0.3 is 0 Å². The molecular weight excluding hydrogens is 164 g/mol. The molecule has 0 spiro atoms. The van der Waals surface area contributed by atoms with Gasteiger partial charge in [0.05, 0.1) is 0 Å². The molecule has 0 aliphatic rings.